The van der Waals surface area contributed by atoms with E-state index in [0.717, 1.165) is 16.9 Å². The van der Waals surface area contributed by atoms with Crippen LogP contribution in [0.2, 0.25) is 0 Å². The average molecular weight is 209 g/mol. The van der Waals surface area contributed by atoms with Crippen LogP contribution in [0.25, 0.3) is 0 Å². The monoisotopic (exact) mass is 209 g/mol. The molecule has 0 unspecified atom stereocenters. The summed E-state index contributed by atoms with van der Waals surface area (Å²) in [6, 6.07) is 15.4. The molecule has 3 rings (SSSR count). The third-order valence-corrected chi connectivity index (χ3v) is 2.79. The van der Waals surface area contributed by atoms with Crippen LogP contribution in [-0.4, -0.2) is 5.91 Å². The zero-order valence-electron chi connectivity index (χ0n) is 8.97. The number of fused-ring (bicyclic) bond motifs is 1. The predicted molar refractivity (Wildman–Crippen MR) is 64.1 cm³/mol. The summed E-state index contributed by atoms with van der Waals surface area (Å²) < 4.78 is 0. The van der Waals surface area contributed by atoms with Crippen molar-refractivity contribution in [2.45, 2.75) is 6.92 Å². The first kappa shape index (κ1) is 9.16. The van der Waals surface area contributed by atoms with E-state index in [-0.39, 0.29) is 5.91 Å². The van der Waals surface area contributed by atoms with Gasteiger partial charge in [0.05, 0.1) is 11.4 Å². The normalized spacial score (nSPS) is 12.2. The molecule has 0 fully saturated rings. The molecule has 0 N–H and O–H groups in total. The average Bonchev–Trinajstić information content (AvgIpc) is 3.02. The van der Waals surface area contributed by atoms with Crippen LogP contribution < -0.4 is 4.90 Å². The molecule has 0 aromatic heterocycles. The second-order valence-corrected chi connectivity index (χ2v) is 4.00. The van der Waals surface area contributed by atoms with Crippen LogP contribution in [0.15, 0.2) is 48.5 Å². The molecule has 2 aromatic carbocycles. The first-order chi connectivity index (χ1) is 7.77. The van der Waals surface area contributed by atoms with Crippen molar-refractivity contribution in [3.63, 3.8) is 0 Å². The van der Waals surface area contributed by atoms with Gasteiger partial charge in [-0.25, -0.2) is 0 Å². The highest BCUT2D eigenvalue weighted by Gasteiger charge is 2.35. The van der Waals surface area contributed by atoms with Crippen molar-refractivity contribution in [2.24, 2.45) is 0 Å². The lowest BCUT2D eigenvalue weighted by atomic mass is 10.2. The summed E-state index contributed by atoms with van der Waals surface area (Å²) in [6.07, 6.45) is 0. The lowest BCUT2D eigenvalue weighted by Crippen LogP contribution is -2.12. The maximum Gasteiger partial charge on any atom is 0.262 e. The highest BCUT2D eigenvalue weighted by molar-refractivity contribution is 6.22. The number of hydrogen-bond donors (Lipinski definition) is 0. The molecule has 0 radical (unpaired) electrons. The van der Waals surface area contributed by atoms with Gasteiger partial charge in [0.1, 0.15) is 0 Å². The van der Waals surface area contributed by atoms with Crippen LogP contribution in [0.1, 0.15) is 15.9 Å². The standard InChI is InChI=1S/C14H11NO/c1-10-7-8-12-13(9-10)15(12)14(16)11-5-3-2-4-6-11/h2-9H,1H3. The minimum absolute atomic E-state index is 0.0567. The van der Waals surface area contributed by atoms with Crippen molar-refractivity contribution < 1.29 is 4.79 Å². The molecule has 0 atom stereocenters. The van der Waals surface area contributed by atoms with Crippen molar-refractivity contribution in [3.8, 4) is 0 Å². The minimum atomic E-state index is 0.0567. The van der Waals surface area contributed by atoms with E-state index in [1.165, 1.54) is 5.56 Å². The van der Waals surface area contributed by atoms with Crippen LogP contribution in [-0.2, 0) is 0 Å². The molecule has 0 bridgehead atoms. The van der Waals surface area contributed by atoms with Crippen molar-refractivity contribution in [1.29, 1.82) is 0 Å². The van der Waals surface area contributed by atoms with Gasteiger partial charge in [-0.1, -0.05) is 24.3 Å². The lowest BCUT2D eigenvalue weighted by molar-refractivity contribution is 0.101. The highest BCUT2D eigenvalue weighted by Crippen LogP contribution is 2.48. The number of anilines is 2. The maximum atomic E-state index is 12.1. The van der Waals surface area contributed by atoms with Gasteiger partial charge in [0, 0.05) is 5.56 Å². The van der Waals surface area contributed by atoms with Gasteiger partial charge in [0.2, 0.25) is 0 Å². The summed E-state index contributed by atoms with van der Waals surface area (Å²) in [5.74, 6) is 0.0567. The Morgan fingerprint density at radius 3 is 2.44 bits per heavy atom. The quantitative estimate of drug-likeness (QED) is 0.660. The topological polar surface area (TPSA) is 20.1 Å². The SMILES string of the molecule is Cc1ccc2c(c1)N2C(=O)c1ccccc1. The Labute approximate surface area is 94.1 Å². The van der Waals surface area contributed by atoms with Crippen LogP contribution >= 0.6 is 0 Å². The van der Waals surface area contributed by atoms with E-state index in [1.54, 1.807) is 4.90 Å². The Kier molecular flexibility index (Phi) is 1.83. The largest absolute Gasteiger partial charge is 0.273 e. The highest BCUT2D eigenvalue weighted by atomic mass is 16.2. The Balaban J connectivity index is 1.91. The van der Waals surface area contributed by atoms with Gasteiger partial charge in [0.15, 0.2) is 0 Å². The fourth-order valence-electron chi connectivity index (χ4n) is 1.89. The third kappa shape index (κ3) is 1.31. The molecule has 0 spiro atoms. The summed E-state index contributed by atoms with van der Waals surface area (Å²) in [6.45, 7) is 2.03. The van der Waals surface area contributed by atoms with Crippen molar-refractivity contribution in [1.82, 2.24) is 0 Å². The number of amides is 1. The smallest absolute Gasteiger partial charge is 0.262 e. The Morgan fingerprint density at radius 1 is 1.00 bits per heavy atom. The van der Waals surface area contributed by atoms with Gasteiger partial charge in [-0.2, -0.15) is 0 Å². The van der Waals surface area contributed by atoms with E-state index in [2.05, 4.69) is 0 Å². The van der Waals surface area contributed by atoms with E-state index < -0.39 is 0 Å². The number of carbonyl (C=O) groups excluding carboxylic acids is 1. The molecular formula is C14H11NO. The fourth-order valence-corrected chi connectivity index (χ4v) is 1.89. The van der Waals surface area contributed by atoms with Gasteiger partial charge >= 0.3 is 0 Å². The van der Waals surface area contributed by atoms with Gasteiger partial charge in [-0.3, -0.25) is 9.69 Å². The molecule has 78 valence electrons. The van der Waals surface area contributed by atoms with Gasteiger partial charge in [0.25, 0.3) is 5.91 Å². The van der Waals surface area contributed by atoms with Crippen LogP contribution in [0.3, 0.4) is 0 Å². The van der Waals surface area contributed by atoms with E-state index in [4.69, 9.17) is 0 Å². The minimum Gasteiger partial charge on any atom is -0.273 e. The first-order valence-electron chi connectivity index (χ1n) is 5.27. The summed E-state index contributed by atoms with van der Waals surface area (Å²) in [5.41, 5.74) is 3.98. The maximum absolute atomic E-state index is 12.1. The van der Waals surface area contributed by atoms with Crippen LogP contribution in [0.4, 0.5) is 11.4 Å². The molecular weight excluding hydrogens is 198 g/mol. The summed E-state index contributed by atoms with van der Waals surface area (Å²) in [7, 11) is 0. The number of nitrogens with zero attached hydrogens (tertiary/aromatic N) is 1. The summed E-state index contributed by atoms with van der Waals surface area (Å²) in [4.78, 5) is 13.9. The zero-order chi connectivity index (χ0) is 11.1. The zero-order valence-corrected chi connectivity index (χ0v) is 8.97. The van der Waals surface area contributed by atoms with Crippen molar-refractivity contribution >= 4 is 17.3 Å². The van der Waals surface area contributed by atoms with Gasteiger partial charge in [-0.15, -0.1) is 0 Å². The van der Waals surface area contributed by atoms with Crippen molar-refractivity contribution in [3.05, 3.63) is 59.7 Å². The molecule has 1 amide bonds. The lowest BCUT2D eigenvalue weighted by Gasteiger charge is -2.00. The van der Waals surface area contributed by atoms with Crippen LogP contribution in [0, 0.1) is 6.92 Å². The number of rotatable bonds is 1. The summed E-state index contributed by atoms with van der Waals surface area (Å²) in [5, 5.41) is 0. The third-order valence-electron chi connectivity index (χ3n) is 2.79. The van der Waals surface area contributed by atoms with E-state index in [9.17, 15) is 4.79 Å². The van der Waals surface area contributed by atoms with Crippen LogP contribution in [0.5, 0.6) is 0 Å². The molecule has 0 aliphatic carbocycles. The number of aryl methyl sites for hydroxylation is 1. The fraction of sp³-hybridized carbons (Fsp3) is 0.0714. The predicted octanol–water partition coefficient (Wildman–Crippen LogP) is 3.29. The Hall–Kier alpha value is -2.09. The van der Waals surface area contributed by atoms with E-state index in [0.29, 0.717) is 0 Å². The van der Waals surface area contributed by atoms with Gasteiger partial charge in [-0.05, 0) is 36.8 Å². The number of carbonyl (C=O) groups is 1. The molecule has 2 aromatic rings. The van der Waals surface area contributed by atoms with E-state index in [1.807, 2.05) is 55.5 Å². The van der Waals surface area contributed by atoms with Gasteiger partial charge < -0.3 is 0 Å². The molecule has 1 heterocycles. The molecule has 16 heavy (non-hydrogen) atoms. The molecule has 2 heteroatoms. The molecule has 0 saturated heterocycles. The molecule has 0 saturated carbocycles. The van der Waals surface area contributed by atoms with Crippen molar-refractivity contribution in [2.75, 3.05) is 4.90 Å². The number of hydrogen-bond acceptors (Lipinski definition) is 1. The number of benzene rings is 2. The second kappa shape index (κ2) is 3.20. The Bertz CT molecular complexity index is 560. The first-order valence-corrected chi connectivity index (χ1v) is 5.27. The molecule has 2 nitrogen and oxygen atoms in total. The van der Waals surface area contributed by atoms with E-state index >= 15 is 0 Å². The Morgan fingerprint density at radius 2 is 1.75 bits per heavy atom. The molecule has 1 aliphatic heterocycles. The summed E-state index contributed by atoms with van der Waals surface area (Å²) >= 11 is 0. The molecule has 1 aliphatic rings. The second-order valence-electron chi connectivity index (χ2n) is 4.00.